The number of likely N-dealkylation sites (tertiary alicyclic amines) is 1. The zero-order valence-electron chi connectivity index (χ0n) is 12.2. The van der Waals surface area contributed by atoms with Crippen LogP contribution in [0.1, 0.15) is 32.6 Å². The van der Waals surface area contributed by atoms with E-state index in [4.69, 9.17) is 0 Å². The van der Waals surface area contributed by atoms with Gasteiger partial charge in [-0.3, -0.25) is 14.5 Å². The first kappa shape index (κ1) is 14.3. The van der Waals surface area contributed by atoms with Gasteiger partial charge in [-0.25, -0.2) is 0 Å². The summed E-state index contributed by atoms with van der Waals surface area (Å²) in [6, 6.07) is 0.275. The van der Waals surface area contributed by atoms with Crippen molar-refractivity contribution in [2.24, 2.45) is 5.92 Å². The molecule has 2 aliphatic rings. The lowest BCUT2D eigenvalue weighted by atomic mass is 9.95. The van der Waals surface area contributed by atoms with Crippen molar-refractivity contribution in [2.45, 2.75) is 44.7 Å². The molecule has 2 unspecified atom stereocenters. The lowest BCUT2D eigenvalue weighted by Crippen LogP contribution is -2.51. The quantitative estimate of drug-likeness (QED) is 0.805. The van der Waals surface area contributed by atoms with Gasteiger partial charge in [-0.2, -0.15) is 0 Å². The summed E-state index contributed by atoms with van der Waals surface area (Å²) in [6.07, 6.45) is 4.15. The molecule has 1 aliphatic heterocycles. The van der Waals surface area contributed by atoms with Gasteiger partial charge in [0.1, 0.15) is 0 Å². The van der Waals surface area contributed by atoms with E-state index in [9.17, 15) is 9.59 Å². The normalized spacial score (nSPS) is 25.7. The van der Waals surface area contributed by atoms with E-state index in [0.717, 1.165) is 32.2 Å². The molecule has 1 N–H and O–H groups in total. The minimum absolute atomic E-state index is 0.0416. The molecule has 0 spiro atoms. The average Bonchev–Trinajstić information content (AvgIpc) is 3.20. The Morgan fingerprint density at radius 2 is 1.95 bits per heavy atom. The SMILES string of the molecule is CC(C(=O)NC1CC1)N1CCCC(C(=O)N(C)C)C1. The molecule has 1 saturated carbocycles. The van der Waals surface area contributed by atoms with Gasteiger partial charge in [0.05, 0.1) is 12.0 Å². The molecule has 0 radical (unpaired) electrons. The van der Waals surface area contributed by atoms with Crippen LogP contribution in [-0.2, 0) is 9.59 Å². The number of carbonyl (C=O) groups excluding carboxylic acids is 2. The molecule has 2 atom stereocenters. The third-order valence-corrected chi connectivity index (χ3v) is 4.09. The summed E-state index contributed by atoms with van der Waals surface area (Å²) in [4.78, 5) is 27.9. The number of carbonyl (C=O) groups is 2. The third-order valence-electron chi connectivity index (χ3n) is 4.09. The second-order valence-corrected chi connectivity index (χ2v) is 6.03. The van der Waals surface area contributed by atoms with Crippen molar-refractivity contribution in [1.29, 1.82) is 0 Å². The Labute approximate surface area is 115 Å². The van der Waals surface area contributed by atoms with Crippen LogP contribution in [0.4, 0.5) is 0 Å². The van der Waals surface area contributed by atoms with E-state index in [1.165, 1.54) is 0 Å². The molecule has 2 fully saturated rings. The molecular formula is C14H25N3O2. The first-order valence-electron chi connectivity index (χ1n) is 7.24. The van der Waals surface area contributed by atoms with Gasteiger partial charge in [0.15, 0.2) is 0 Å². The van der Waals surface area contributed by atoms with Gasteiger partial charge in [-0.1, -0.05) is 0 Å². The maximum Gasteiger partial charge on any atom is 0.237 e. The van der Waals surface area contributed by atoms with Crippen molar-refractivity contribution < 1.29 is 9.59 Å². The maximum absolute atomic E-state index is 12.1. The second kappa shape index (κ2) is 5.90. The van der Waals surface area contributed by atoms with Crippen molar-refractivity contribution in [1.82, 2.24) is 15.1 Å². The number of rotatable bonds is 4. The van der Waals surface area contributed by atoms with E-state index < -0.39 is 0 Å². The highest BCUT2D eigenvalue weighted by molar-refractivity contribution is 5.82. The van der Waals surface area contributed by atoms with E-state index >= 15 is 0 Å². The fourth-order valence-electron chi connectivity index (χ4n) is 2.64. The zero-order valence-corrected chi connectivity index (χ0v) is 12.2. The van der Waals surface area contributed by atoms with E-state index in [1.54, 1.807) is 19.0 Å². The minimum Gasteiger partial charge on any atom is -0.352 e. The molecule has 1 heterocycles. The fourth-order valence-corrected chi connectivity index (χ4v) is 2.64. The van der Waals surface area contributed by atoms with E-state index in [1.807, 2.05) is 6.92 Å². The van der Waals surface area contributed by atoms with Crippen molar-refractivity contribution in [3.05, 3.63) is 0 Å². The van der Waals surface area contributed by atoms with Gasteiger partial charge in [0.2, 0.25) is 11.8 Å². The van der Waals surface area contributed by atoms with Gasteiger partial charge >= 0.3 is 0 Å². The van der Waals surface area contributed by atoms with Gasteiger partial charge in [0, 0.05) is 26.7 Å². The molecule has 2 amide bonds. The summed E-state index contributed by atoms with van der Waals surface area (Å²) in [5, 5.41) is 3.04. The summed E-state index contributed by atoms with van der Waals surface area (Å²) < 4.78 is 0. The van der Waals surface area contributed by atoms with E-state index in [-0.39, 0.29) is 23.8 Å². The van der Waals surface area contributed by atoms with Crippen molar-refractivity contribution in [3.63, 3.8) is 0 Å². The molecule has 0 aromatic heterocycles. The Morgan fingerprint density at radius 1 is 1.26 bits per heavy atom. The standard InChI is InChI=1S/C14H25N3O2/c1-10(13(18)15-12-6-7-12)17-8-4-5-11(9-17)14(19)16(2)3/h10-12H,4-9H2,1-3H3,(H,15,18). The zero-order chi connectivity index (χ0) is 14.0. The van der Waals surface area contributed by atoms with Crippen LogP contribution in [0.5, 0.6) is 0 Å². The summed E-state index contributed by atoms with van der Waals surface area (Å²) in [5.41, 5.74) is 0. The topological polar surface area (TPSA) is 52.7 Å². The number of nitrogens with one attached hydrogen (secondary N) is 1. The molecule has 1 saturated heterocycles. The largest absolute Gasteiger partial charge is 0.352 e. The van der Waals surface area contributed by atoms with Crippen LogP contribution in [-0.4, -0.2) is 60.9 Å². The van der Waals surface area contributed by atoms with Gasteiger partial charge < -0.3 is 10.2 Å². The first-order chi connectivity index (χ1) is 8.99. The van der Waals surface area contributed by atoms with Crippen LogP contribution in [0.25, 0.3) is 0 Å². The fraction of sp³-hybridized carbons (Fsp3) is 0.857. The lowest BCUT2D eigenvalue weighted by molar-refractivity contribution is -0.137. The van der Waals surface area contributed by atoms with Gasteiger partial charge in [-0.05, 0) is 39.2 Å². The predicted molar refractivity (Wildman–Crippen MR) is 73.6 cm³/mol. The van der Waals surface area contributed by atoms with E-state index in [0.29, 0.717) is 12.6 Å². The Kier molecular flexibility index (Phi) is 4.45. The summed E-state index contributed by atoms with van der Waals surface area (Å²) >= 11 is 0. The van der Waals surface area contributed by atoms with Crippen molar-refractivity contribution >= 4 is 11.8 Å². The molecule has 5 heteroatoms. The highest BCUT2D eigenvalue weighted by Gasteiger charge is 2.33. The predicted octanol–water partition coefficient (Wildman–Crippen LogP) is 0.454. The number of amides is 2. The molecule has 0 aromatic rings. The minimum atomic E-state index is -0.127. The molecule has 2 rings (SSSR count). The third kappa shape index (κ3) is 3.69. The monoisotopic (exact) mass is 267 g/mol. The van der Waals surface area contributed by atoms with Crippen LogP contribution in [0.2, 0.25) is 0 Å². The average molecular weight is 267 g/mol. The number of piperidine rings is 1. The van der Waals surface area contributed by atoms with Crippen LogP contribution >= 0.6 is 0 Å². The molecule has 0 bridgehead atoms. The van der Waals surface area contributed by atoms with Crippen molar-refractivity contribution in [3.8, 4) is 0 Å². The van der Waals surface area contributed by atoms with E-state index in [2.05, 4.69) is 10.2 Å². The molecule has 0 aromatic carbocycles. The number of hydrogen-bond donors (Lipinski definition) is 1. The lowest BCUT2D eigenvalue weighted by Gasteiger charge is -2.36. The smallest absolute Gasteiger partial charge is 0.237 e. The molecule has 5 nitrogen and oxygen atoms in total. The number of nitrogens with zero attached hydrogens (tertiary/aromatic N) is 2. The molecule has 108 valence electrons. The van der Waals surface area contributed by atoms with Crippen LogP contribution < -0.4 is 5.32 Å². The van der Waals surface area contributed by atoms with Crippen LogP contribution in [0.3, 0.4) is 0 Å². The highest BCUT2D eigenvalue weighted by atomic mass is 16.2. The Balaban J connectivity index is 1.88. The number of hydrogen-bond acceptors (Lipinski definition) is 3. The highest BCUT2D eigenvalue weighted by Crippen LogP contribution is 2.22. The Morgan fingerprint density at radius 3 is 2.53 bits per heavy atom. The summed E-state index contributed by atoms with van der Waals surface area (Å²) in [5.74, 6) is 0.333. The van der Waals surface area contributed by atoms with Crippen LogP contribution in [0.15, 0.2) is 0 Å². The molecule has 1 aliphatic carbocycles. The van der Waals surface area contributed by atoms with Crippen molar-refractivity contribution in [2.75, 3.05) is 27.2 Å². The Bertz CT molecular complexity index is 353. The van der Waals surface area contributed by atoms with Gasteiger partial charge in [0.25, 0.3) is 0 Å². The Hall–Kier alpha value is -1.10. The summed E-state index contributed by atoms with van der Waals surface area (Å²) in [6.45, 7) is 3.56. The maximum atomic E-state index is 12.1. The van der Waals surface area contributed by atoms with Crippen LogP contribution in [0, 0.1) is 5.92 Å². The van der Waals surface area contributed by atoms with Gasteiger partial charge in [-0.15, -0.1) is 0 Å². The summed E-state index contributed by atoms with van der Waals surface area (Å²) in [7, 11) is 3.59. The second-order valence-electron chi connectivity index (χ2n) is 6.03. The first-order valence-corrected chi connectivity index (χ1v) is 7.24. The molecular weight excluding hydrogens is 242 g/mol. The molecule has 19 heavy (non-hydrogen) atoms.